The molecule has 0 saturated carbocycles. The first-order valence-corrected chi connectivity index (χ1v) is 12.8. The highest BCUT2D eigenvalue weighted by atomic mass is 32.2. The van der Waals surface area contributed by atoms with Crippen LogP contribution in [0.5, 0.6) is 5.75 Å². The Hall–Kier alpha value is -2.56. The van der Waals surface area contributed by atoms with Gasteiger partial charge in [0.1, 0.15) is 11.6 Å². The average molecular weight is 486 g/mol. The molecule has 1 N–H and O–H groups in total. The van der Waals surface area contributed by atoms with E-state index >= 15 is 0 Å². The third-order valence-electron chi connectivity index (χ3n) is 4.67. The number of hydrogen-bond donors (Lipinski definition) is 1. The fraction of sp³-hybridized carbons (Fsp3) is 0.273. The number of amides is 1. The van der Waals surface area contributed by atoms with Crippen molar-refractivity contribution in [2.24, 2.45) is 0 Å². The van der Waals surface area contributed by atoms with Crippen LogP contribution in [0, 0.1) is 6.92 Å². The number of aryl methyl sites for hydroxylation is 1. The lowest BCUT2D eigenvalue weighted by Crippen LogP contribution is -2.15. The summed E-state index contributed by atoms with van der Waals surface area (Å²) in [5.74, 6) is 2.31. The number of nitrogens with zero attached hydrogens (tertiary/aromatic N) is 4. The summed E-state index contributed by atoms with van der Waals surface area (Å²) in [4.78, 5) is 17.2. The van der Waals surface area contributed by atoms with Gasteiger partial charge in [-0.1, -0.05) is 41.7 Å². The molecule has 4 aromatic rings. The molecule has 2 aromatic carbocycles. The maximum absolute atomic E-state index is 12.5. The number of rotatable bonds is 9. The minimum Gasteiger partial charge on any atom is -0.495 e. The Morgan fingerprint density at radius 1 is 1.19 bits per heavy atom. The van der Waals surface area contributed by atoms with Crippen molar-refractivity contribution >= 4 is 56.7 Å². The molecule has 0 fully saturated rings. The van der Waals surface area contributed by atoms with Crippen LogP contribution in [0.1, 0.15) is 18.3 Å². The second-order valence-corrected chi connectivity index (χ2v) is 10.1. The summed E-state index contributed by atoms with van der Waals surface area (Å²) in [6, 6.07) is 13.8. The van der Waals surface area contributed by atoms with Gasteiger partial charge >= 0.3 is 0 Å². The number of hydrogen-bond acceptors (Lipinski definition) is 8. The second-order valence-electron chi connectivity index (χ2n) is 6.92. The lowest BCUT2D eigenvalue weighted by Gasteiger charge is -2.11. The van der Waals surface area contributed by atoms with Crippen molar-refractivity contribution in [3.05, 3.63) is 53.9 Å². The number of anilines is 1. The topological polar surface area (TPSA) is 81.9 Å². The number of methoxy groups -OCH3 is 1. The summed E-state index contributed by atoms with van der Waals surface area (Å²) in [7, 11) is 1.59. The van der Waals surface area contributed by atoms with E-state index in [-0.39, 0.29) is 11.7 Å². The zero-order chi connectivity index (χ0) is 22.5. The van der Waals surface area contributed by atoms with E-state index in [9.17, 15) is 4.79 Å². The van der Waals surface area contributed by atoms with E-state index in [2.05, 4.69) is 33.5 Å². The molecule has 0 bridgehead atoms. The number of carbonyl (C=O) groups is 1. The first-order chi connectivity index (χ1) is 15.6. The summed E-state index contributed by atoms with van der Waals surface area (Å²) in [5.41, 5.74) is 2.74. The number of fused-ring (bicyclic) bond motifs is 1. The zero-order valence-electron chi connectivity index (χ0n) is 18.0. The van der Waals surface area contributed by atoms with Gasteiger partial charge in [0.2, 0.25) is 5.91 Å². The van der Waals surface area contributed by atoms with Gasteiger partial charge in [-0.15, -0.1) is 21.5 Å². The van der Waals surface area contributed by atoms with Gasteiger partial charge in [0.05, 0.1) is 34.5 Å². The number of thioether (sulfide) groups is 2. The van der Waals surface area contributed by atoms with Crippen molar-refractivity contribution in [1.29, 1.82) is 0 Å². The van der Waals surface area contributed by atoms with Crippen molar-refractivity contribution in [2.45, 2.75) is 35.6 Å². The number of benzene rings is 2. The maximum atomic E-state index is 12.5. The maximum Gasteiger partial charge on any atom is 0.234 e. The summed E-state index contributed by atoms with van der Waals surface area (Å²) < 4.78 is 9.57. The Kier molecular flexibility index (Phi) is 7.33. The van der Waals surface area contributed by atoms with E-state index in [4.69, 9.17) is 4.74 Å². The Labute approximate surface area is 199 Å². The van der Waals surface area contributed by atoms with Crippen LogP contribution in [0.2, 0.25) is 0 Å². The summed E-state index contributed by atoms with van der Waals surface area (Å²) in [6.07, 6.45) is 0. The molecular weight excluding hydrogens is 462 g/mol. The second kappa shape index (κ2) is 10.4. The highest BCUT2D eigenvalue weighted by Crippen LogP contribution is 2.32. The molecule has 0 atom stereocenters. The Bertz CT molecular complexity index is 1200. The van der Waals surface area contributed by atoms with Crippen molar-refractivity contribution in [3.8, 4) is 5.75 Å². The summed E-state index contributed by atoms with van der Waals surface area (Å²) in [5, 5.41) is 12.3. The van der Waals surface area contributed by atoms with Crippen molar-refractivity contribution < 1.29 is 9.53 Å². The van der Waals surface area contributed by atoms with Crippen LogP contribution in [-0.4, -0.2) is 38.5 Å². The third kappa shape index (κ3) is 5.25. The van der Waals surface area contributed by atoms with Gasteiger partial charge in [-0.05, 0) is 43.7 Å². The van der Waals surface area contributed by atoms with E-state index in [1.54, 1.807) is 30.2 Å². The van der Waals surface area contributed by atoms with Crippen molar-refractivity contribution in [2.75, 3.05) is 18.2 Å². The predicted molar refractivity (Wildman–Crippen MR) is 132 cm³/mol. The van der Waals surface area contributed by atoms with Crippen molar-refractivity contribution in [1.82, 2.24) is 19.7 Å². The smallest absolute Gasteiger partial charge is 0.234 e. The first kappa shape index (κ1) is 22.6. The number of nitrogens with one attached hydrogen (secondary N) is 1. The van der Waals surface area contributed by atoms with Gasteiger partial charge in [-0.25, -0.2) is 4.98 Å². The number of ether oxygens (including phenoxy) is 1. The predicted octanol–water partition coefficient (Wildman–Crippen LogP) is 5.25. The number of aromatic nitrogens is 4. The molecule has 4 rings (SSSR count). The van der Waals surface area contributed by atoms with Crippen LogP contribution in [0.25, 0.3) is 10.2 Å². The molecule has 1 amide bonds. The highest BCUT2D eigenvalue weighted by molar-refractivity contribution is 8.00. The van der Waals surface area contributed by atoms with Crippen LogP contribution in [0.4, 0.5) is 5.69 Å². The highest BCUT2D eigenvalue weighted by Gasteiger charge is 2.15. The molecule has 0 spiro atoms. The van der Waals surface area contributed by atoms with Gasteiger partial charge in [0.15, 0.2) is 9.50 Å². The fourth-order valence-electron chi connectivity index (χ4n) is 3.13. The molecular formula is C22H23N5O2S3. The third-order valence-corrected chi connectivity index (χ3v) is 7.81. The van der Waals surface area contributed by atoms with Gasteiger partial charge in [-0.3, -0.25) is 4.79 Å². The van der Waals surface area contributed by atoms with Crippen LogP contribution >= 0.6 is 34.9 Å². The van der Waals surface area contributed by atoms with E-state index < -0.39 is 0 Å². The Morgan fingerprint density at radius 2 is 2.03 bits per heavy atom. The fourth-order valence-corrected chi connectivity index (χ4v) is 5.95. The summed E-state index contributed by atoms with van der Waals surface area (Å²) in [6.45, 7) is 4.76. The first-order valence-electron chi connectivity index (χ1n) is 10.0. The standard InChI is InChI=1S/C22H23N5O2S3/c1-4-27-19(12-31-22-24-15-7-5-6-8-18(15)32-22)25-26-21(27)30-13-20(28)23-16-11-14(2)9-10-17(16)29-3/h5-11H,4,12-13H2,1-3H3,(H,23,28). The van der Waals surface area contributed by atoms with Crippen molar-refractivity contribution in [3.63, 3.8) is 0 Å². The summed E-state index contributed by atoms with van der Waals surface area (Å²) >= 11 is 4.71. The number of thiazole rings is 1. The Balaban J connectivity index is 1.37. The number of carbonyl (C=O) groups excluding carboxylic acids is 1. The van der Waals surface area contributed by atoms with Crippen LogP contribution in [0.3, 0.4) is 0 Å². The molecule has 0 radical (unpaired) electrons. The quantitative estimate of drug-likeness (QED) is 0.324. The molecule has 2 aromatic heterocycles. The van der Waals surface area contributed by atoms with E-state index in [1.165, 1.54) is 16.5 Å². The molecule has 32 heavy (non-hydrogen) atoms. The zero-order valence-corrected chi connectivity index (χ0v) is 20.4. The molecule has 0 aliphatic heterocycles. The minimum absolute atomic E-state index is 0.116. The van der Waals surface area contributed by atoms with Crippen LogP contribution < -0.4 is 10.1 Å². The van der Waals surface area contributed by atoms with Crippen LogP contribution in [0.15, 0.2) is 52.0 Å². The van der Waals surface area contributed by atoms with Gasteiger partial charge in [0, 0.05) is 6.54 Å². The molecule has 0 aliphatic carbocycles. The van der Waals surface area contributed by atoms with Gasteiger partial charge < -0.3 is 14.6 Å². The van der Waals surface area contributed by atoms with E-state index in [0.29, 0.717) is 17.2 Å². The Morgan fingerprint density at radius 3 is 2.81 bits per heavy atom. The number of para-hydroxylation sites is 1. The largest absolute Gasteiger partial charge is 0.495 e. The molecule has 7 nitrogen and oxygen atoms in total. The lowest BCUT2D eigenvalue weighted by molar-refractivity contribution is -0.113. The molecule has 0 saturated heterocycles. The minimum atomic E-state index is -0.116. The molecule has 2 heterocycles. The molecule has 166 valence electrons. The van der Waals surface area contributed by atoms with Gasteiger partial charge in [0.25, 0.3) is 0 Å². The lowest BCUT2D eigenvalue weighted by atomic mass is 10.2. The monoisotopic (exact) mass is 485 g/mol. The SMILES string of the molecule is CCn1c(CSc2nc3ccccc3s2)nnc1SCC(=O)Nc1cc(C)ccc1OC. The normalized spacial score (nSPS) is 11.1. The van der Waals surface area contributed by atoms with E-state index in [0.717, 1.165) is 32.9 Å². The van der Waals surface area contributed by atoms with E-state index in [1.807, 2.05) is 47.9 Å². The van der Waals surface area contributed by atoms with Gasteiger partial charge in [-0.2, -0.15) is 0 Å². The molecule has 0 aliphatic rings. The molecule has 0 unspecified atom stereocenters. The average Bonchev–Trinajstić information content (AvgIpc) is 3.39. The molecule has 10 heteroatoms. The van der Waals surface area contributed by atoms with Crippen LogP contribution in [-0.2, 0) is 17.1 Å².